The molecule has 0 aliphatic heterocycles. The van der Waals surface area contributed by atoms with Crippen molar-refractivity contribution < 1.29 is 14.3 Å². The monoisotopic (exact) mass is 273 g/mol. The SMILES string of the molecule is CCOC(=O)c1cc[nH]c(=O)c1OCc1ccccc1. The van der Waals surface area contributed by atoms with Crippen molar-refractivity contribution in [1.29, 1.82) is 0 Å². The summed E-state index contributed by atoms with van der Waals surface area (Å²) >= 11 is 0. The standard InChI is InChI=1S/C15H15NO4/c1-2-19-15(18)12-8-9-16-14(17)13(12)20-10-11-6-4-3-5-7-11/h3-9H,2,10H2,1H3,(H,16,17). The molecule has 2 rings (SSSR count). The smallest absolute Gasteiger partial charge is 0.342 e. The fraction of sp³-hybridized carbons (Fsp3) is 0.200. The summed E-state index contributed by atoms with van der Waals surface area (Å²) in [5.74, 6) is -0.587. The zero-order chi connectivity index (χ0) is 14.4. The van der Waals surface area contributed by atoms with Crippen LogP contribution in [0.15, 0.2) is 47.4 Å². The summed E-state index contributed by atoms with van der Waals surface area (Å²) in [6, 6.07) is 10.9. The largest absolute Gasteiger partial charge is 0.482 e. The predicted octanol–water partition coefficient (Wildman–Crippen LogP) is 2.13. The highest BCUT2D eigenvalue weighted by atomic mass is 16.5. The second kappa shape index (κ2) is 6.56. The minimum absolute atomic E-state index is 0.0187. The number of hydrogen-bond donors (Lipinski definition) is 1. The average molecular weight is 273 g/mol. The highest BCUT2D eigenvalue weighted by molar-refractivity contribution is 5.92. The molecule has 1 heterocycles. The molecular formula is C15H15NO4. The molecule has 1 aromatic heterocycles. The van der Waals surface area contributed by atoms with Gasteiger partial charge < -0.3 is 14.5 Å². The third-order valence-electron chi connectivity index (χ3n) is 2.64. The van der Waals surface area contributed by atoms with Gasteiger partial charge in [-0.3, -0.25) is 4.79 Å². The molecule has 0 bridgehead atoms. The summed E-state index contributed by atoms with van der Waals surface area (Å²) in [6.07, 6.45) is 1.39. The second-order valence-corrected chi connectivity index (χ2v) is 4.04. The molecule has 0 spiro atoms. The van der Waals surface area contributed by atoms with Crippen molar-refractivity contribution in [2.24, 2.45) is 0 Å². The zero-order valence-electron chi connectivity index (χ0n) is 11.1. The topological polar surface area (TPSA) is 68.4 Å². The van der Waals surface area contributed by atoms with Gasteiger partial charge in [0.05, 0.1) is 6.61 Å². The minimum Gasteiger partial charge on any atom is -0.482 e. The lowest BCUT2D eigenvalue weighted by Gasteiger charge is -2.09. The van der Waals surface area contributed by atoms with Crippen LogP contribution >= 0.6 is 0 Å². The summed E-state index contributed by atoms with van der Waals surface area (Å²) in [7, 11) is 0. The second-order valence-electron chi connectivity index (χ2n) is 4.04. The number of H-pyrrole nitrogens is 1. The molecule has 104 valence electrons. The van der Waals surface area contributed by atoms with Crippen molar-refractivity contribution in [3.05, 3.63) is 64.1 Å². The minimum atomic E-state index is -0.568. The maximum absolute atomic E-state index is 11.8. The van der Waals surface area contributed by atoms with Crippen molar-refractivity contribution in [1.82, 2.24) is 4.98 Å². The third-order valence-corrected chi connectivity index (χ3v) is 2.64. The first kappa shape index (κ1) is 13.9. The van der Waals surface area contributed by atoms with Gasteiger partial charge in [-0.2, -0.15) is 0 Å². The molecule has 0 amide bonds. The van der Waals surface area contributed by atoms with Crippen LogP contribution in [0.25, 0.3) is 0 Å². The van der Waals surface area contributed by atoms with Crippen molar-refractivity contribution in [3.63, 3.8) is 0 Å². The van der Waals surface area contributed by atoms with E-state index in [0.29, 0.717) is 0 Å². The maximum atomic E-state index is 11.8. The summed E-state index contributed by atoms with van der Waals surface area (Å²) < 4.78 is 10.4. The number of aromatic amines is 1. The number of nitrogens with one attached hydrogen (secondary N) is 1. The molecule has 0 saturated heterocycles. The van der Waals surface area contributed by atoms with Gasteiger partial charge in [0.15, 0.2) is 5.75 Å². The lowest BCUT2D eigenvalue weighted by atomic mass is 10.2. The number of benzene rings is 1. The van der Waals surface area contributed by atoms with Crippen molar-refractivity contribution >= 4 is 5.97 Å². The van der Waals surface area contributed by atoms with Gasteiger partial charge >= 0.3 is 5.97 Å². The summed E-state index contributed by atoms with van der Waals surface area (Å²) in [5.41, 5.74) is 0.587. The third kappa shape index (κ3) is 3.26. The van der Waals surface area contributed by atoms with E-state index in [9.17, 15) is 9.59 Å². The molecule has 1 aromatic carbocycles. The van der Waals surface area contributed by atoms with Crippen molar-refractivity contribution in [2.45, 2.75) is 13.5 Å². The van der Waals surface area contributed by atoms with Gasteiger partial charge in [0.25, 0.3) is 5.56 Å². The van der Waals surface area contributed by atoms with Gasteiger partial charge in [0.1, 0.15) is 12.2 Å². The van der Waals surface area contributed by atoms with Gasteiger partial charge in [0, 0.05) is 6.20 Å². The number of carbonyl (C=O) groups is 1. The van der Waals surface area contributed by atoms with Crippen LogP contribution in [0.3, 0.4) is 0 Å². The van der Waals surface area contributed by atoms with Gasteiger partial charge in [-0.05, 0) is 18.6 Å². The average Bonchev–Trinajstić information content (AvgIpc) is 2.47. The predicted molar refractivity (Wildman–Crippen MR) is 73.8 cm³/mol. The Morgan fingerprint density at radius 1 is 1.20 bits per heavy atom. The van der Waals surface area contributed by atoms with E-state index in [1.54, 1.807) is 6.92 Å². The Bertz CT molecular complexity index is 634. The Morgan fingerprint density at radius 2 is 1.95 bits per heavy atom. The van der Waals surface area contributed by atoms with Crippen molar-refractivity contribution in [2.75, 3.05) is 6.61 Å². The molecule has 0 saturated carbocycles. The molecule has 0 radical (unpaired) electrons. The molecule has 0 unspecified atom stereocenters. The molecule has 0 atom stereocenters. The highest BCUT2D eigenvalue weighted by Crippen LogP contribution is 2.15. The van der Waals surface area contributed by atoms with Crippen LogP contribution in [0, 0.1) is 0 Å². The summed E-state index contributed by atoms with van der Waals surface area (Å²) in [5, 5.41) is 0. The van der Waals surface area contributed by atoms with Crippen LogP contribution in [0.4, 0.5) is 0 Å². The number of ether oxygens (including phenoxy) is 2. The Balaban J connectivity index is 2.22. The first-order chi connectivity index (χ1) is 9.72. The van der Waals surface area contributed by atoms with E-state index in [4.69, 9.17) is 9.47 Å². The van der Waals surface area contributed by atoms with Crippen molar-refractivity contribution in [3.8, 4) is 5.75 Å². The maximum Gasteiger partial charge on any atom is 0.342 e. The lowest BCUT2D eigenvalue weighted by Crippen LogP contribution is -2.17. The Kier molecular flexibility index (Phi) is 4.55. The molecule has 5 nitrogen and oxygen atoms in total. The number of rotatable bonds is 5. The van der Waals surface area contributed by atoms with E-state index in [2.05, 4.69) is 4.98 Å². The van der Waals surface area contributed by atoms with Crippen LogP contribution in [0.5, 0.6) is 5.75 Å². The molecule has 0 aliphatic carbocycles. The quantitative estimate of drug-likeness (QED) is 0.847. The van der Waals surface area contributed by atoms with Gasteiger partial charge in [0.2, 0.25) is 0 Å². The van der Waals surface area contributed by atoms with Gasteiger partial charge in [-0.25, -0.2) is 4.79 Å². The lowest BCUT2D eigenvalue weighted by molar-refractivity contribution is 0.0520. The molecule has 5 heteroatoms. The Labute approximate surface area is 116 Å². The highest BCUT2D eigenvalue weighted by Gasteiger charge is 2.16. The van der Waals surface area contributed by atoms with Crippen LogP contribution in [0.1, 0.15) is 22.8 Å². The first-order valence-electron chi connectivity index (χ1n) is 6.28. The summed E-state index contributed by atoms with van der Waals surface area (Å²) in [6.45, 7) is 2.15. The fourth-order valence-corrected chi connectivity index (χ4v) is 1.71. The van der Waals surface area contributed by atoms with E-state index in [0.717, 1.165) is 5.56 Å². The zero-order valence-corrected chi connectivity index (χ0v) is 11.1. The molecule has 1 N–H and O–H groups in total. The number of esters is 1. The van der Waals surface area contributed by atoms with E-state index < -0.39 is 11.5 Å². The van der Waals surface area contributed by atoms with Crippen LogP contribution in [0.2, 0.25) is 0 Å². The number of hydrogen-bond acceptors (Lipinski definition) is 4. The molecule has 20 heavy (non-hydrogen) atoms. The van der Waals surface area contributed by atoms with Gasteiger partial charge in [-0.1, -0.05) is 30.3 Å². The fourth-order valence-electron chi connectivity index (χ4n) is 1.71. The van der Waals surface area contributed by atoms with E-state index in [1.807, 2.05) is 30.3 Å². The normalized spacial score (nSPS) is 10.1. The Hall–Kier alpha value is -2.56. The van der Waals surface area contributed by atoms with E-state index in [1.165, 1.54) is 12.3 Å². The van der Waals surface area contributed by atoms with E-state index in [-0.39, 0.29) is 24.5 Å². The molecule has 0 aliphatic rings. The number of aromatic nitrogens is 1. The van der Waals surface area contributed by atoms with Gasteiger partial charge in [-0.15, -0.1) is 0 Å². The molecule has 2 aromatic rings. The molecule has 0 fully saturated rings. The number of carbonyl (C=O) groups excluding carboxylic acids is 1. The van der Waals surface area contributed by atoms with Crippen LogP contribution in [-0.4, -0.2) is 17.6 Å². The van der Waals surface area contributed by atoms with E-state index >= 15 is 0 Å². The first-order valence-corrected chi connectivity index (χ1v) is 6.28. The Morgan fingerprint density at radius 3 is 2.65 bits per heavy atom. The van der Waals surface area contributed by atoms with Crippen LogP contribution in [-0.2, 0) is 11.3 Å². The molecular weight excluding hydrogens is 258 g/mol. The summed E-state index contributed by atoms with van der Waals surface area (Å²) in [4.78, 5) is 26.0. The number of pyridine rings is 1. The van der Waals surface area contributed by atoms with Crippen LogP contribution < -0.4 is 10.3 Å².